The summed E-state index contributed by atoms with van der Waals surface area (Å²) in [6.07, 6.45) is 3.40. The molecule has 0 radical (unpaired) electrons. The summed E-state index contributed by atoms with van der Waals surface area (Å²) in [6, 6.07) is 5.61. The van der Waals surface area contributed by atoms with Gasteiger partial charge in [0.2, 0.25) is 0 Å². The Morgan fingerprint density at radius 2 is 2.05 bits per heavy atom. The lowest BCUT2D eigenvalue weighted by molar-refractivity contribution is 0.0261. The fraction of sp³-hybridized carbons (Fsp3) is 0.500. The fourth-order valence-electron chi connectivity index (χ4n) is 2.48. The van der Waals surface area contributed by atoms with E-state index in [1.54, 1.807) is 19.2 Å². The minimum atomic E-state index is -0.790. The van der Waals surface area contributed by atoms with E-state index < -0.39 is 17.4 Å². The highest BCUT2D eigenvalue weighted by molar-refractivity contribution is 5.89. The topological polar surface area (TPSA) is 52.6 Å². The van der Waals surface area contributed by atoms with Crippen LogP contribution in [0, 0.1) is 5.82 Å². The van der Waals surface area contributed by atoms with E-state index in [4.69, 9.17) is 0 Å². The molecule has 1 aliphatic carbocycles. The summed E-state index contributed by atoms with van der Waals surface area (Å²) in [5, 5.41) is 12.7. The highest BCUT2D eigenvalue weighted by Crippen LogP contribution is 2.30. The van der Waals surface area contributed by atoms with Crippen LogP contribution in [0.3, 0.4) is 0 Å². The molecule has 2 N–H and O–H groups in total. The van der Waals surface area contributed by atoms with Gasteiger partial charge in [-0.25, -0.2) is 9.18 Å². The Kier molecular flexibility index (Phi) is 4.04. The second kappa shape index (κ2) is 5.57. The SMILES string of the molecule is CN(CC1(O)CCCC1)C(=O)Nc1ccccc1F. The molecule has 1 saturated carbocycles. The second-order valence-electron chi connectivity index (χ2n) is 5.20. The first-order valence-corrected chi connectivity index (χ1v) is 6.49. The molecular formula is C14H19FN2O2. The molecule has 0 saturated heterocycles. The summed E-state index contributed by atoms with van der Waals surface area (Å²) < 4.78 is 13.4. The van der Waals surface area contributed by atoms with Gasteiger partial charge in [-0.2, -0.15) is 0 Å². The zero-order valence-corrected chi connectivity index (χ0v) is 11.0. The molecule has 0 aromatic heterocycles. The molecule has 0 spiro atoms. The third-order valence-corrected chi connectivity index (χ3v) is 3.53. The van der Waals surface area contributed by atoms with Crippen molar-refractivity contribution in [3.05, 3.63) is 30.1 Å². The van der Waals surface area contributed by atoms with Gasteiger partial charge in [-0.3, -0.25) is 0 Å². The molecule has 1 aromatic rings. The monoisotopic (exact) mass is 266 g/mol. The average Bonchev–Trinajstić information content (AvgIpc) is 2.78. The zero-order chi connectivity index (χ0) is 13.9. The Balaban J connectivity index is 1.94. The maximum absolute atomic E-state index is 13.4. The Hall–Kier alpha value is -1.62. The quantitative estimate of drug-likeness (QED) is 0.883. The van der Waals surface area contributed by atoms with Crippen LogP contribution in [0.5, 0.6) is 0 Å². The van der Waals surface area contributed by atoms with Crippen LogP contribution in [-0.2, 0) is 0 Å². The van der Waals surface area contributed by atoms with Crippen molar-refractivity contribution in [1.82, 2.24) is 4.90 Å². The number of benzene rings is 1. The summed E-state index contributed by atoms with van der Waals surface area (Å²) in [5.41, 5.74) is -0.640. The summed E-state index contributed by atoms with van der Waals surface area (Å²) in [6.45, 7) is 0.271. The standard InChI is InChI=1S/C14H19FN2O2/c1-17(10-14(19)8-4-5-9-14)13(18)16-12-7-3-2-6-11(12)15/h2-3,6-7,19H,4-5,8-10H2,1H3,(H,16,18). The van der Waals surface area contributed by atoms with Gasteiger partial charge in [-0.05, 0) is 25.0 Å². The van der Waals surface area contributed by atoms with Crippen molar-refractivity contribution in [2.24, 2.45) is 0 Å². The minimum absolute atomic E-state index is 0.151. The van der Waals surface area contributed by atoms with Crippen LogP contribution in [0.4, 0.5) is 14.9 Å². The number of nitrogens with zero attached hydrogens (tertiary/aromatic N) is 1. The van der Waals surface area contributed by atoms with Crippen molar-refractivity contribution in [2.75, 3.05) is 18.9 Å². The van der Waals surface area contributed by atoms with Crippen LogP contribution < -0.4 is 5.32 Å². The molecule has 104 valence electrons. The Bertz CT molecular complexity index is 459. The van der Waals surface area contributed by atoms with Gasteiger partial charge in [0.05, 0.1) is 17.8 Å². The van der Waals surface area contributed by atoms with Gasteiger partial charge in [0.25, 0.3) is 0 Å². The number of hydrogen-bond acceptors (Lipinski definition) is 2. The van der Waals surface area contributed by atoms with E-state index in [2.05, 4.69) is 5.32 Å². The van der Waals surface area contributed by atoms with Crippen LogP contribution in [0.2, 0.25) is 0 Å². The summed E-state index contributed by atoms with van der Waals surface area (Å²) in [7, 11) is 1.60. The van der Waals surface area contributed by atoms with Gasteiger partial charge in [-0.15, -0.1) is 0 Å². The normalized spacial score (nSPS) is 17.2. The van der Waals surface area contributed by atoms with Crippen LogP contribution in [0.1, 0.15) is 25.7 Å². The van der Waals surface area contributed by atoms with Crippen LogP contribution in [0.25, 0.3) is 0 Å². The number of carbonyl (C=O) groups excluding carboxylic acids is 1. The predicted molar refractivity (Wildman–Crippen MR) is 71.5 cm³/mol. The summed E-state index contributed by atoms with van der Waals surface area (Å²) in [4.78, 5) is 13.3. The van der Waals surface area contributed by atoms with Gasteiger partial charge >= 0.3 is 6.03 Å². The van der Waals surface area contributed by atoms with E-state index in [1.807, 2.05) is 0 Å². The van der Waals surface area contributed by atoms with Gasteiger partial charge in [0, 0.05) is 7.05 Å². The number of nitrogens with one attached hydrogen (secondary N) is 1. The number of carbonyl (C=O) groups is 1. The Morgan fingerprint density at radius 3 is 2.68 bits per heavy atom. The Labute approximate surface area is 112 Å². The molecule has 1 fully saturated rings. The largest absolute Gasteiger partial charge is 0.388 e. The molecule has 0 aliphatic heterocycles. The Morgan fingerprint density at radius 1 is 1.42 bits per heavy atom. The van der Waals surface area contributed by atoms with E-state index in [9.17, 15) is 14.3 Å². The average molecular weight is 266 g/mol. The maximum atomic E-state index is 13.4. The zero-order valence-electron chi connectivity index (χ0n) is 11.0. The van der Waals surface area contributed by atoms with Crippen molar-refractivity contribution < 1.29 is 14.3 Å². The lowest BCUT2D eigenvalue weighted by atomic mass is 10.0. The highest BCUT2D eigenvalue weighted by Gasteiger charge is 2.33. The molecule has 0 heterocycles. The van der Waals surface area contributed by atoms with E-state index >= 15 is 0 Å². The predicted octanol–water partition coefficient (Wildman–Crippen LogP) is 2.59. The number of aliphatic hydroxyl groups is 1. The van der Waals surface area contributed by atoms with E-state index in [1.165, 1.54) is 17.0 Å². The summed E-state index contributed by atoms with van der Waals surface area (Å²) >= 11 is 0. The number of likely N-dealkylation sites (N-methyl/N-ethyl adjacent to an activating group) is 1. The molecule has 0 unspecified atom stereocenters. The lowest BCUT2D eigenvalue weighted by Crippen LogP contribution is -2.43. The van der Waals surface area contributed by atoms with Crippen molar-refractivity contribution in [2.45, 2.75) is 31.3 Å². The second-order valence-corrected chi connectivity index (χ2v) is 5.20. The number of rotatable bonds is 3. The lowest BCUT2D eigenvalue weighted by Gasteiger charge is -2.28. The highest BCUT2D eigenvalue weighted by atomic mass is 19.1. The number of halogens is 1. The molecule has 4 nitrogen and oxygen atoms in total. The number of para-hydroxylation sites is 1. The molecule has 19 heavy (non-hydrogen) atoms. The minimum Gasteiger partial charge on any atom is -0.388 e. The molecular weight excluding hydrogens is 247 g/mol. The molecule has 0 bridgehead atoms. The fourth-order valence-corrected chi connectivity index (χ4v) is 2.48. The first-order valence-electron chi connectivity index (χ1n) is 6.49. The first-order chi connectivity index (χ1) is 9.00. The third-order valence-electron chi connectivity index (χ3n) is 3.53. The maximum Gasteiger partial charge on any atom is 0.321 e. The molecule has 2 rings (SSSR count). The molecule has 5 heteroatoms. The summed E-state index contributed by atoms with van der Waals surface area (Å²) in [5.74, 6) is -0.469. The molecule has 0 atom stereocenters. The number of amides is 2. The van der Waals surface area contributed by atoms with Gasteiger partial charge in [0.15, 0.2) is 0 Å². The van der Waals surface area contributed by atoms with Crippen molar-refractivity contribution >= 4 is 11.7 Å². The van der Waals surface area contributed by atoms with Crippen molar-refractivity contribution in [3.8, 4) is 0 Å². The number of anilines is 1. The van der Waals surface area contributed by atoms with Crippen LogP contribution >= 0.6 is 0 Å². The van der Waals surface area contributed by atoms with Crippen LogP contribution in [0.15, 0.2) is 24.3 Å². The molecule has 2 amide bonds. The van der Waals surface area contributed by atoms with E-state index in [0.29, 0.717) is 12.8 Å². The van der Waals surface area contributed by atoms with Crippen LogP contribution in [-0.4, -0.2) is 35.2 Å². The smallest absolute Gasteiger partial charge is 0.321 e. The number of urea groups is 1. The van der Waals surface area contributed by atoms with Crippen molar-refractivity contribution in [1.29, 1.82) is 0 Å². The van der Waals surface area contributed by atoms with E-state index in [-0.39, 0.29) is 12.2 Å². The number of hydrogen-bond donors (Lipinski definition) is 2. The van der Waals surface area contributed by atoms with Gasteiger partial charge in [0.1, 0.15) is 5.82 Å². The van der Waals surface area contributed by atoms with E-state index in [0.717, 1.165) is 12.8 Å². The van der Waals surface area contributed by atoms with Gasteiger partial charge < -0.3 is 15.3 Å². The molecule has 1 aromatic carbocycles. The third kappa shape index (κ3) is 3.44. The van der Waals surface area contributed by atoms with Crippen molar-refractivity contribution in [3.63, 3.8) is 0 Å². The molecule has 1 aliphatic rings. The first kappa shape index (κ1) is 13.8. The van der Waals surface area contributed by atoms with Gasteiger partial charge in [-0.1, -0.05) is 25.0 Å².